The molecule has 2 heterocycles. The third kappa shape index (κ3) is 4.18. The molecule has 1 aromatic carbocycles. The number of benzene rings is 1. The van der Waals surface area contributed by atoms with E-state index in [9.17, 15) is 0 Å². The van der Waals surface area contributed by atoms with Crippen LogP contribution in [0.4, 0.5) is 11.9 Å². The number of nitrogens with zero attached hydrogens (tertiary/aromatic N) is 4. The quantitative estimate of drug-likeness (QED) is 0.730. The Hall–Kier alpha value is -2.28. The van der Waals surface area contributed by atoms with Gasteiger partial charge in [0, 0.05) is 19.6 Å². The first-order valence-corrected chi connectivity index (χ1v) is 10.1. The van der Waals surface area contributed by atoms with Gasteiger partial charge in [0.15, 0.2) is 0 Å². The lowest BCUT2D eigenvalue weighted by atomic mass is 10.0. The van der Waals surface area contributed by atoms with Crippen molar-refractivity contribution in [3.63, 3.8) is 0 Å². The minimum absolute atomic E-state index is 0.289. The predicted molar refractivity (Wildman–Crippen MR) is 107 cm³/mol. The van der Waals surface area contributed by atoms with Gasteiger partial charge >= 0.3 is 0 Å². The van der Waals surface area contributed by atoms with Gasteiger partial charge in [-0.25, -0.2) is 4.68 Å². The van der Waals surface area contributed by atoms with E-state index in [1.165, 1.54) is 56.3 Å². The average molecular weight is 371 g/mol. The molecule has 1 atom stereocenters. The molecule has 27 heavy (non-hydrogen) atoms. The summed E-state index contributed by atoms with van der Waals surface area (Å²) in [6.45, 7) is 3.93. The highest BCUT2D eigenvalue weighted by atomic mass is 16.5. The molecule has 3 N–H and O–H groups in total. The Morgan fingerprint density at radius 1 is 1.26 bits per heavy atom. The Kier molecular flexibility index (Phi) is 5.48. The number of nitrogen functional groups attached to an aromatic ring is 1. The summed E-state index contributed by atoms with van der Waals surface area (Å²) in [7, 11) is 1.82. The van der Waals surface area contributed by atoms with Crippen LogP contribution < -0.4 is 15.8 Å². The third-order valence-corrected chi connectivity index (χ3v) is 5.65. The zero-order valence-electron chi connectivity index (χ0n) is 16.2. The van der Waals surface area contributed by atoms with E-state index in [0.717, 1.165) is 18.7 Å². The van der Waals surface area contributed by atoms with E-state index in [1.54, 1.807) is 4.68 Å². The number of hydrogen-bond donors (Lipinski definition) is 2. The monoisotopic (exact) mass is 370 g/mol. The molecule has 1 aromatic heterocycles. The van der Waals surface area contributed by atoms with E-state index in [-0.39, 0.29) is 5.95 Å². The molecule has 0 saturated carbocycles. The predicted octanol–water partition coefficient (Wildman–Crippen LogP) is 2.75. The van der Waals surface area contributed by atoms with E-state index < -0.39 is 0 Å². The summed E-state index contributed by atoms with van der Waals surface area (Å²) in [5, 5.41) is 7.26. The number of fused-ring (bicyclic) bond motifs is 1. The summed E-state index contributed by atoms with van der Waals surface area (Å²) in [4.78, 5) is 6.81. The number of ether oxygens (including phenoxy) is 1. The van der Waals surface area contributed by atoms with Gasteiger partial charge in [0.1, 0.15) is 5.75 Å². The van der Waals surface area contributed by atoms with Crippen LogP contribution in [0, 0.1) is 0 Å². The van der Waals surface area contributed by atoms with Crippen LogP contribution in [-0.2, 0) is 13.5 Å². The van der Waals surface area contributed by atoms with Gasteiger partial charge in [0.2, 0.25) is 11.9 Å². The van der Waals surface area contributed by atoms with E-state index in [2.05, 4.69) is 38.5 Å². The molecule has 7 nitrogen and oxygen atoms in total. The third-order valence-electron chi connectivity index (χ3n) is 5.65. The largest absolute Gasteiger partial charge is 0.494 e. The van der Waals surface area contributed by atoms with Crippen LogP contribution in [0.2, 0.25) is 0 Å². The highest BCUT2D eigenvalue weighted by Gasteiger charge is 2.29. The molecule has 146 valence electrons. The van der Waals surface area contributed by atoms with E-state index in [0.29, 0.717) is 18.6 Å². The first-order chi connectivity index (χ1) is 13.2. The van der Waals surface area contributed by atoms with Crippen molar-refractivity contribution in [3.05, 3.63) is 29.3 Å². The number of aryl methyl sites for hydroxylation is 2. The molecule has 1 fully saturated rings. The fourth-order valence-corrected chi connectivity index (χ4v) is 4.28. The fourth-order valence-electron chi connectivity index (χ4n) is 4.28. The standard InChI is InChI=1S/C20H30N6O/c1-25-20(23-19(21)24-25)22-10-5-13-27-16-8-6-15-7-9-18(17(15)14-16)26-11-3-2-4-12-26/h6,8,14,18H,2-5,7,9-13H2,1H3,(H3,21,22,23,24). The molecule has 1 aliphatic carbocycles. The summed E-state index contributed by atoms with van der Waals surface area (Å²) < 4.78 is 7.66. The van der Waals surface area contributed by atoms with Crippen molar-refractivity contribution in [3.8, 4) is 5.75 Å². The summed E-state index contributed by atoms with van der Waals surface area (Å²) in [5.41, 5.74) is 8.57. The van der Waals surface area contributed by atoms with Crippen molar-refractivity contribution >= 4 is 11.9 Å². The molecule has 1 unspecified atom stereocenters. The van der Waals surface area contributed by atoms with Crippen LogP contribution in [0.1, 0.15) is 49.3 Å². The number of piperidine rings is 1. The van der Waals surface area contributed by atoms with Crippen LogP contribution in [0.5, 0.6) is 5.75 Å². The first-order valence-electron chi connectivity index (χ1n) is 10.1. The Morgan fingerprint density at radius 3 is 2.89 bits per heavy atom. The second kappa shape index (κ2) is 8.17. The van der Waals surface area contributed by atoms with Crippen LogP contribution in [-0.4, -0.2) is 45.9 Å². The second-order valence-electron chi connectivity index (χ2n) is 7.56. The molecule has 1 aliphatic heterocycles. The van der Waals surface area contributed by atoms with Crippen molar-refractivity contribution in [1.82, 2.24) is 19.7 Å². The van der Waals surface area contributed by atoms with Crippen molar-refractivity contribution in [2.75, 3.05) is 37.3 Å². The van der Waals surface area contributed by atoms with Crippen molar-refractivity contribution in [2.24, 2.45) is 7.05 Å². The highest BCUT2D eigenvalue weighted by molar-refractivity contribution is 5.41. The van der Waals surface area contributed by atoms with Gasteiger partial charge in [-0.3, -0.25) is 4.90 Å². The first kappa shape index (κ1) is 18.1. The maximum Gasteiger partial charge on any atom is 0.241 e. The topological polar surface area (TPSA) is 81.2 Å². The lowest BCUT2D eigenvalue weighted by molar-refractivity contribution is 0.163. The normalized spacial score (nSPS) is 19.8. The second-order valence-corrected chi connectivity index (χ2v) is 7.56. The fraction of sp³-hybridized carbons (Fsp3) is 0.600. The van der Waals surface area contributed by atoms with Crippen LogP contribution >= 0.6 is 0 Å². The van der Waals surface area contributed by atoms with E-state index in [4.69, 9.17) is 10.5 Å². The number of anilines is 2. The number of nitrogens with two attached hydrogens (primary N) is 1. The maximum absolute atomic E-state index is 6.01. The minimum Gasteiger partial charge on any atom is -0.494 e. The molecule has 7 heteroatoms. The van der Waals surface area contributed by atoms with Crippen molar-refractivity contribution < 1.29 is 4.74 Å². The number of rotatable bonds is 7. The Morgan fingerprint density at radius 2 is 2.11 bits per heavy atom. The Labute approximate surface area is 160 Å². The molecule has 0 spiro atoms. The number of hydrogen-bond acceptors (Lipinski definition) is 6. The molecular weight excluding hydrogens is 340 g/mol. The molecular formula is C20H30N6O. The molecule has 0 bridgehead atoms. The smallest absolute Gasteiger partial charge is 0.241 e. The van der Waals surface area contributed by atoms with E-state index in [1.807, 2.05) is 7.05 Å². The summed E-state index contributed by atoms with van der Waals surface area (Å²) >= 11 is 0. The van der Waals surface area contributed by atoms with Gasteiger partial charge in [-0.2, -0.15) is 4.98 Å². The molecule has 2 aromatic rings. The molecule has 4 rings (SSSR count). The van der Waals surface area contributed by atoms with Crippen molar-refractivity contribution in [1.29, 1.82) is 0 Å². The van der Waals surface area contributed by atoms with Gasteiger partial charge in [0.25, 0.3) is 0 Å². The van der Waals surface area contributed by atoms with E-state index >= 15 is 0 Å². The number of nitrogens with one attached hydrogen (secondary N) is 1. The summed E-state index contributed by atoms with van der Waals surface area (Å²) in [6.07, 6.45) is 7.40. The summed E-state index contributed by atoms with van der Waals surface area (Å²) in [5.74, 6) is 1.97. The van der Waals surface area contributed by atoms with Gasteiger partial charge in [0.05, 0.1) is 6.61 Å². The zero-order chi connectivity index (χ0) is 18.6. The zero-order valence-corrected chi connectivity index (χ0v) is 16.2. The Balaban J connectivity index is 1.28. The van der Waals surface area contributed by atoms with Crippen molar-refractivity contribution in [2.45, 2.75) is 44.6 Å². The van der Waals surface area contributed by atoms with Crippen LogP contribution in [0.3, 0.4) is 0 Å². The van der Waals surface area contributed by atoms with Gasteiger partial charge in [-0.1, -0.05) is 12.5 Å². The summed E-state index contributed by atoms with van der Waals surface area (Å²) in [6, 6.07) is 7.24. The minimum atomic E-state index is 0.289. The molecule has 0 radical (unpaired) electrons. The molecule has 2 aliphatic rings. The Bertz CT molecular complexity index is 768. The van der Waals surface area contributed by atoms with Crippen LogP contribution in [0.25, 0.3) is 0 Å². The number of likely N-dealkylation sites (tertiary alicyclic amines) is 1. The maximum atomic E-state index is 6.01. The SMILES string of the molecule is Cn1nc(N)nc1NCCCOc1ccc2c(c1)C(N1CCCCC1)CC2. The average Bonchev–Trinajstić information content (AvgIpc) is 3.24. The highest BCUT2D eigenvalue weighted by Crippen LogP contribution is 2.38. The van der Waals surface area contributed by atoms with Crippen LogP contribution in [0.15, 0.2) is 18.2 Å². The molecule has 1 saturated heterocycles. The lowest BCUT2D eigenvalue weighted by Gasteiger charge is -2.32. The van der Waals surface area contributed by atoms with Gasteiger partial charge in [-0.15, -0.1) is 5.10 Å². The number of aromatic nitrogens is 3. The lowest BCUT2D eigenvalue weighted by Crippen LogP contribution is -2.32. The van der Waals surface area contributed by atoms with Gasteiger partial charge in [-0.05, 0) is 68.5 Å². The molecule has 0 amide bonds. The van der Waals surface area contributed by atoms with Gasteiger partial charge < -0.3 is 15.8 Å².